The second-order valence-corrected chi connectivity index (χ2v) is 4.73. The lowest BCUT2D eigenvalue weighted by Crippen LogP contribution is -2.35. The van der Waals surface area contributed by atoms with Crippen molar-refractivity contribution in [2.75, 3.05) is 26.2 Å². The molecule has 0 aliphatic heterocycles. The highest BCUT2D eigenvalue weighted by molar-refractivity contribution is 9.10. The summed E-state index contributed by atoms with van der Waals surface area (Å²) in [5, 5.41) is 0. The highest BCUT2D eigenvalue weighted by atomic mass is 79.9. The minimum atomic E-state index is 0. The van der Waals surface area contributed by atoms with Gasteiger partial charge in [-0.25, -0.2) is 0 Å². The Morgan fingerprint density at radius 1 is 1.37 bits per heavy atom. The standard InChI is InChI=1S/C13H19BrN2O2.ClH/c1-2-16(13(17)7-8-15)9-10-18-12-5-3-11(14)4-6-12;/h3-6H,2,7-10,15H2,1H3;1H. The molecule has 0 saturated carbocycles. The number of hydrogen-bond acceptors (Lipinski definition) is 3. The van der Waals surface area contributed by atoms with Crippen LogP contribution in [-0.2, 0) is 4.79 Å². The third-order valence-electron chi connectivity index (χ3n) is 2.54. The highest BCUT2D eigenvalue weighted by Crippen LogP contribution is 2.15. The predicted molar refractivity (Wildman–Crippen MR) is 82.8 cm³/mol. The average molecular weight is 352 g/mol. The van der Waals surface area contributed by atoms with E-state index in [1.165, 1.54) is 0 Å². The van der Waals surface area contributed by atoms with Gasteiger partial charge in [-0.05, 0) is 31.2 Å². The van der Waals surface area contributed by atoms with E-state index in [1.54, 1.807) is 4.90 Å². The molecule has 0 heterocycles. The van der Waals surface area contributed by atoms with Gasteiger partial charge in [0.05, 0.1) is 6.54 Å². The van der Waals surface area contributed by atoms with Gasteiger partial charge in [-0.2, -0.15) is 0 Å². The molecule has 2 N–H and O–H groups in total. The number of ether oxygens (including phenoxy) is 1. The second kappa shape index (κ2) is 10.1. The zero-order valence-corrected chi connectivity index (χ0v) is 13.4. The van der Waals surface area contributed by atoms with Gasteiger partial charge in [0.2, 0.25) is 5.91 Å². The number of amides is 1. The van der Waals surface area contributed by atoms with Crippen LogP contribution in [0.15, 0.2) is 28.7 Å². The molecule has 108 valence electrons. The van der Waals surface area contributed by atoms with Crippen LogP contribution in [0.1, 0.15) is 13.3 Å². The van der Waals surface area contributed by atoms with Gasteiger partial charge in [0.1, 0.15) is 12.4 Å². The summed E-state index contributed by atoms with van der Waals surface area (Å²) in [5.41, 5.74) is 5.37. The van der Waals surface area contributed by atoms with Crippen molar-refractivity contribution in [3.05, 3.63) is 28.7 Å². The van der Waals surface area contributed by atoms with Crippen molar-refractivity contribution in [2.45, 2.75) is 13.3 Å². The zero-order chi connectivity index (χ0) is 13.4. The Hall–Kier alpha value is -0.780. The van der Waals surface area contributed by atoms with Crippen LogP contribution in [-0.4, -0.2) is 37.0 Å². The summed E-state index contributed by atoms with van der Waals surface area (Å²) >= 11 is 3.36. The Labute approximate surface area is 128 Å². The molecule has 0 spiro atoms. The van der Waals surface area contributed by atoms with Gasteiger partial charge >= 0.3 is 0 Å². The van der Waals surface area contributed by atoms with Crippen molar-refractivity contribution in [2.24, 2.45) is 5.73 Å². The summed E-state index contributed by atoms with van der Waals surface area (Å²) in [6.45, 7) is 4.11. The van der Waals surface area contributed by atoms with E-state index in [9.17, 15) is 4.79 Å². The highest BCUT2D eigenvalue weighted by Gasteiger charge is 2.10. The number of benzene rings is 1. The summed E-state index contributed by atoms with van der Waals surface area (Å²) in [6.07, 6.45) is 0.395. The summed E-state index contributed by atoms with van der Waals surface area (Å²) in [5.74, 6) is 0.889. The van der Waals surface area contributed by atoms with E-state index in [1.807, 2.05) is 31.2 Å². The molecule has 0 atom stereocenters. The molecule has 0 radical (unpaired) electrons. The van der Waals surface area contributed by atoms with Gasteiger partial charge in [0.15, 0.2) is 0 Å². The van der Waals surface area contributed by atoms with E-state index >= 15 is 0 Å². The number of nitrogens with two attached hydrogens (primary N) is 1. The fraction of sp³-hybridized carbons (Fsp3) is 0.462. The first-order valence-electron chi connectivity index (χ1n) is 6.03. The molecule has 0 bridgehead atoms. The molecule has 0 fully saturated rings. The number of carbonyl (C=O) groups is 1. The zero-order valence-electron chi connectivity index (χ0n) is 11.0. The Morgan fingerprint density at radius 3 is 2.53 bits per heavy atom. The number of hydrogen-bond donors (Lipinski definition) is 1. The Bertz CT molecular complexity index is 373. The minimum Gasteiger partial charge on any atom is -0.492 e. The van der Waals surface area contributed by atoms with Crippen LogP contribution in [0.2, 0.25) is 0 Å². The summed E-state index contributed by atoms with van der Waals surface area (Å²) < 4.78 is 6.59. The number of nitrogens with zero attached hydrogens (tertiary/aromatic N) is 1. The number of halogens is 2. The van der Waals surface area contributed by atoms with Gasteiger partial charge in [0, 0.05) is 24.0 Å². The molecule has 1 rings (SSSR count). The van der Waals surface area contributed by atoms with E-state index in [4.69, 9.17) is 10.5 Å². The van der Waals surface area contributed by atoms with Crippen LogP contribution in [0.4, 0.5) is 0 Å². The fourth-order valence-corrected chi connectivity index (χ4v) is 1.81. The monoisotopic (exact) mass is 350 g/mol. The molecule has 0 saturated heterocycles. The third-order valence-corrected chi connectivity index (χ3v) is 3.06. The van der Waals surface area contributed by atoms with E-state index < -0.39 is 0 Å². The van der Waals surface area contributed by atoms with Crippen molar-refractivity contribution >= 4 is 34.2 Å². The van der Waals surface area contributed by atoms with Crippen LogP contribution in [0.25, 0.3) is 0 Å². The van der Waals surface area contributed by atoms with E-state index in [-0.39, 0.29) is 18.3 Å². The lowest BCUT2D eigenvalue weighted by Gasteiger charge is -2.20. The predicted octanol–water partition coefficient (Wildman–Crippen LogP) is 2.45. The van der Waals surface area contributed by atoms with Crippen LogP contribution in [0.5, 0.6) is 5.75 Å². The average Bonchev–Trinajstić information content (AvgIpc) is 2.37. The third kappa shape index (κ3) is 6.80. The van der Waals surface area contributed by atoms with Crippen LogP contribution in [0.3, 0.4) is 0 Å². The first kappa shape index (κ1) is 18.2. The fourth-order valence-electron chi connectivity index (χ4n) is 1.55. The van der Waals surface area contributed by atoms with Gasteiger partial charge in [-0.1, -0.05) is 15.9 Å². The smallest absolute Gasteiger partial charge is 0.223 e. The molecule has 1 aromatic carbocycles. The van der Waals surface area contributed by atoms with Crippen molar-refractivity contribution in [1.29, 1.82) is 0 Å². The van der Waals surface area contributed by atoms with Crippen molar-refractivity contribution in [1.82, 2.24) is 4.90 Å². The van der Waals surface area contributed by atoms with Gasteiger partial charge in [0.25, 0.3) is 0 Å². The number of rotatable bonds is 7. The van der Waals surface area contributed by atoms with E-state index in [0.29, 0.717) is 32.7 Å². The van der Waals surface area contributed by atoms with Crippen LogP contribution in [0, 0.1) is 0 Å². The van der Waals surface area contributed by atoms with Crippen molar-refractivity contribution < 1.29 is 9.53 Å². The second-order valence-electron chi connectivity index (χ2n) is 3.81. The SMILES string of the molecule is CCN(CCOc1ccc(Br)cc1)C(=O)CCN.Cl. The first-order valence-corrected chi connectivity index (χ1v) is 6.83. The molecule has 0 unspecified atom stereocenters. The van der Waals surface area contributed by atoms with E-state index in [2.05, 4.69) is 15.9 Å². The molecule has 19 heavy (non-hydrogen) atoms. The maximum atomic E-state index is 11.6. The number of carbonyl (C=O) groups excluding carboxylic acids is 1. The van der Waals surface area contributed by atoms with Crippen LogP contribution >= 0.6 is 28.3 Å². The first-order chi connectivity index (χ1) is 8.67. The molecule has 1 aromatic rings. The maximum absolute atomic E-state index is 11.6. The summed E-state index contributed by atoms with van der Waals surface area (Å²) in [7, 11) is 0. The van der Waals surface area contributed by atoms with Crippen LogP contribution < -0.4 is 10.5 Å². The molecule has 1 amide bonds. The molecule has 0 aliphatic rings. The molecule has 0 aliphatic carbocycles. The van der Waals surface area contributed by atoms with Gasteiger partial charge in [-0.3, -0.25) is 4.79 Å². The Kier molecular flexibility index (Phi) is 9.65. The molecular formula is C13H20BrClN2O2. The van der Waals surface area contributed by atoms with Gasteiger partial charge in [-0.15, -0.1) is 12.4 Å². The normalized spacial score (nSPS) is 9.63. The van der Waals surface area contributed by atoms with E-state index in [0.717, 1.165) is 10.2 Å². The minimum absolute atomic E-state index is 0. The number of likely N-dealkylation sites (N-methyl/N-ethyl adjacent to an activating group) is 1. The molecular weight excluding hydrogens is 332 g/mol. The quantitative estimate of drug-likeness (QED) is 0.821. The summed E-state index contributed by atoms with van der Waals surface area (Å²) in [6, 6.07) is 7.63. The Balaban J connectivity index is 0.00000324. The van der Waals surface area contributed by atoms with Gasteiger partial charge < -0.3 is 15.4 Å². The van der Waals surface area contributed by atoms with Crippen molar-refractivity contribution in [3.8, 4) is 5.75 Å². The Morgan fingerprint density at radius 2 is 2.00 bits per heavy atom. The maximum Gasteiger partial charge on any atom is 0.223 e. The topological polar surface area (TPSA) is 55.6 Å². The summed E-state index contributed by atoms with van der Waals surface area (Å²) in [4.78, 5) is 13.4. The molecule has 6 heteroatoms. The molecule has 0 aromatic heterocycles. The lowest BCUT2D eigenvalue weighted by atomic mass is 10.3. The molecule has 4 nitrogen and oxygen atoms in total. The van der Waals surface area contributed by atoms with Crippen molar-refractivity contribution in [3.63, 3.8) is 0 Å². The largest absolute Gasteiger partial charge is 0.492 e. The lowest BCUT2D eigenvalue weighted by molar-refractivity contribution is -0.131.